The number of nitrogens with one attached hydrogen (secondary N) is 5. The maximum absolute atomic E-state index is 13.1. The van der Waals surface area contributed by atoms with E-state index in [1.807, 2.05) is 0 Å². The number of carboxylic acid groups (broad SMARTS) is 3. The average Bonchev–Trinajstić information content (AvgIpc) is 2.87. The topological polar surface area (TPSA) is 283 Å². The summed E-state index contributed by atoms with van der Waals surface area (Å²) in [7, 11) is 0. The summed E-state index contributed by atoms with van der Waals surface area (Å²) in [6.45, 7) is 8.82. The van der Waals surface area contributed by atoms with Crippen molar-refractivity contribution in [3.63, 3.8) is 0 Å². The lowest BCUT2D eigenvalue weighted by atomic mass is 10.0. The zero-order chi connectivity index (χ0) is 32.9. The van der Waals surface area contributed by atoms with E-state index in [2.05, 4.69) is 26.6 Å². The summed E-state index contributed by atoms with van der Waals surface area (Å²) in [4.78, 5) is 97.0. The molecule has 0 aliphatic rings. The molecule has 0 aliphatic heterocycles. The van der Waals surface area contributed by atoms with Crippen LogP contribution in [0.2, 0.25) is 0 Å². The van der Waals surface area contributed by atoms with Crippen molar-refractivity contribution in [3.8, 4) is 0 Å². The molecule has 0 rings (SSSR count). The van der Waals surface area contributed by atoms with Crippen molar-refractivity contribution in [2.45, 2.75) is 97.1 Å². The molecule has 0 saturated heterocycles. The van der Waals surface area contributed by atoms with Crippen molar-refractivity contribution in [1.82, 2.24) is 26.6 Å². The third-order valence-corrected chi connectivity index (χ3v) is 6.04. The molecule has 0 bridgehead atoms. The Morgan fingerprint density at radius 1 is 0.571 bits per heavy atom. The molecule has 0 saturated carbocycles. The number of carbonyl (C=O) groups is 8. The molecule has 6 atom stereocenters. The number of amides is 5. The van der Waals surface area contributed by atoms with E-state index in [1.54, 1.807) is 13.8 Å². The molecule has 238 valence electrons. The third-order valence-electron chi connectivity index (χ3n) is 6.04. The Bertz CT molecular complexity index is 1030. The van der Waals surface area contributed by atoms with E-state index in [9.17, 15) is 43.5 Å². The van der Waals surface area contributed by atoms with Crippen molar-refractivity contribution >= 4 is 47.4 Å². The number of nitrogens with two attached hydrogens (primary N) is 1. The second kappa shape index (κ2) is 17.5. The molecule has 0 aliphatic carbocycles. The number of hydrogen-bond donors (Lipinski definition) is 9. The van der Waals surface area contributed by atoms with Crippen LogP contribution < -0.4 is 32.3 Å². The Labute approximate surface area is 242 Å². The number of rotatable bonds is 18. The molecule has 0 heterocycles. The van der Waals surface area contributed by atoms with E-state index < -0.39 is 102 Å². The molecule has 0 aromatic rings. The number of carbonyl (C=O) groups excluding carboxylic acids is 5. The van der Waals surface area contributed by atoms with Gasteiger partial charge < -0.3 is 47.6 Å². The van der Waals surface area contributed by atoms with Crippen LogP contribution in [0.3, 0.4) is 0 Å². The van der Waals surface area contributed by atoms with Crippen molar-refractivity contribution < 1.29 is 53.7 Å². The Kier molecular flexibility index (Phi) is 15.7. The normalized spacial score (nSPS) is 15.3. The Balaban J connectivity index is 5.77. The van der Waals surface area contributed by atoms with Crippen LogP contribution in [-0.4, -0.2) is 99.0 Å². The lowest BCUT2D eigenvalue weighted by Gasteiger charge is -2.28. The highest BCUT2D eigenvalue weighted by atomic mass is 16.4. The molecule has 0 unspecified atom stereocenters. The largest absolute Gasteiger partial charge is 0.481 e. The second-order valence-corrected chi connectivity index (χ2v) is 10.5. The van der Waals surface area contributed by atoms with Crippen LogP contribution in [0.5, 0.6) is 0 Å². The smallest absolute Gasteiger partial charge is 0.325 e. The molecule has 0 spiro atoms. The van der Waals surface area contributed by atoms with Gasteiger partial charge in [-0.1, -0.05) is 27.7 Å². The van der Waals surface area contributed by atoms with Gasteiger partial charge in [0.2, 0.25) is 29.5 Å². The van der Waals surface area contributed by atoms with Gasteiger partial charge >= 0.3 is 17.9 Å². The van der Waals surface area contributed by atoms with E-state index in [0.717, 1.165) is 0 Å². The molecule has 10 N–H and O–H groups in total. The minimum Gasteiger partial charge on any atom is -0.481 e. The van der Waals surface area contributed by atoms with Crippen molar-refractivity contribution in [1.29, 1.82) is 0 Å². The summed E-state index contributed by atoms with van der Waals surface area (Å²) >= 11 is 0. The predicted octanol–water partition coefficient (Wildman–Crippen LogP) is -2.49. The van der Waals surface area contributed by atoms with E-state index in [0.29, 0.717) is 0 Å². The molecule has 0 aromatic carbocycles. The monoisotopic (exact) mass is 602 g/mol. The summed E-state index contributed by atoms with van der Waals surface area (Å²) in [5.41, 5.74) is 5.81. The summed E-state index contributed by atoms with van der Waals surface area (Å²) in [6.07, 6.45) is -1.72. The Morgan fingerprint density at radius 2 is 1.07 bits per heavy atom. The fraction of sp³-hybridized carbons (Fsp3) is 0.680. The molecular formula is C25H42N6O11. The first-order valence-electron chi connectivity index (χ1n) is 13.2. The van der Waals surface area contributed by atoms with Gasteiger partial charge in [0.15, 0.2) is 0 Å². The van der Waals surface area contributed by atoms with Gasteiger partial charge in [0, 0.05) is 6.42 Å². The fourth-order valence-corrected chi connectivity index (χ4v) is 3.32. The minimum absolute atomic E-state index is 0.297. The molecule has 17 nitrogen and oxygen atoms in total. The van der Waals surface area contributed by atoms with Crippen LogP contribution in [0.4, 0.5) is 0 Å². The summed E-state index contributed by atoms with van der Waals surface area (Å²) in [5, 5.41) is 38.6. The van der Waals surface area contributed by atoms with Gasteiger partial charge in [-0.05, 0) is 32.1 Å². The van der Waals surface area contributed by atoms with Gasteiger partial charge in [-0.2, -0.15) is 0 Å². The Hall–Kier alpha value is -4.28. The standard InChI is InChI=1S/C25H42N6O11/c1-10(2)18(26)23(39)29-14(7-8-16(32)33)21(37)31-19(11(3)4)24(40)30-15(9-17(34)35)22(38)27-12(5)20(36)28-13(6)25(41)42/h10-15,18-19H,7-9,26H2,1-6H3,(H,27,38)(H,28,36)(H,29,39)(H,30,40)(H,31,37)(H,32,33)(H,34,35)(H,41,42)/t12-,13-,14-,15-,18-,19-/m0/s1. The first-order chi connectivity index (χ1) is 19.3. The van der Waals surface area contributed by atoms with Gasteiger partial charge in [0.05, 0.1) is 12.5 Å². The van der Waals surface area contributed by atoms with Gasteiger partial charge in [-0.3, -0.25) is 38.4 Å². The molecule has 17 heteroatoms. The molecule has 5 amide bonds. The first-order valence-corrected chi connectivity index (χ1v) is 13.2. The summed E-state index contributed by atoms with van der Waals surface area (Å²) in [6, 6.07) is -8.01. The molecule has 0 radical (unpaired) electrons. The zero-order valence-electron chi connectivity index (χ0n) is 24.4. The average molecular weight is 603 g/mol. The highest BCUT2D eigenvalue weighted by molar-refractivity contribution is 5.97. The van der Waals surface area contributed by atoms with Gasteiger partial charge in [-0.25, -0.2) is 0 Å². The number of aliphatic carboxylic acids is 3. The van der Waals surface area contributed by atoms with Crippen molar-refractivity contribution in [3.05, 3.63) is 0 Å². The zero-order valence-corrected chi connectivity index (χ0v) is 24.4. The number of hydrogen-bond acceptors (Lipinski definition) is 9. The minimum atomic E-state index is -1.70. The molecule has 0 aromatic heterocycles. The number of carboxylic acids is 3. The highest BCUT2D eigenvalue weighted by Gasteiger charge is 2.34. The van der Waals surface area contributed by atoms with Gasteiger partial charge in [0.25, 0.3) is 0 Å². The molecule has 42 heavy (non-hydrogen) atoms. The van der Waals surface area contributed by atoms with E-state index in [1.165, 1.54) is 27.7 Å². The van der Waals surface area contributed by atoms with Crippen LogP contribution in [0, 0.1) is 11.8 Å². The maximum atomic E-state index is 13.1. The highest BCUT2D eigenvalue weighted by Crippen LogP contribution is 2.08. The van der Waals surface area contributed by atoms with E-state index in [4.69, 9.17) is 15.9 Å². The van der Waals surface area contributed by atoms with Crippen LogP contribution in [0.25, 0.3) is 0 Å². The fourth-order valence-electron chi connectivity index (χ4n) is 3.32. The Morgan fingerprint density at radius 3 is 1.52 bits per heavy atom. The van der Waals surface area contributed by atoms with Crippen LogP contribution in [0.1, 0.15) is 60.8 Å². The second-order valence-electron chi connectivity index (χ2n) is 10.5. The van der Waals surface area contributed by atoms with Crippen LogP contribution >= 0.6 is 0 Å². The summed E-state index contributed by atoms with van der Waals surface area (Å²) < 4.78 is 0. The quantitative estimate of drug-likeness (QED) is 0.0788. The van der Waals surface area contributed by atoms with E-state index >= 15 is 0 Å². The van der Waals surface area contributed by atoms with Gasteiger partial charge in [0.1, 0.15) is 30.2 Å². The lowest BCUT2D eigenvalue weighted by molar-refractivity contribution is -0.143. The molecule has 0 fully saturated rings. The maximum Gasteiger partial charge on any atom is 0.325 e. The van der Waals surface area contributed by atoms with Crippen LogP contribution in [-0.2, 0) is 38.4 Å². The van der Waals surface area contributed by atoms with Crippen molar-refractivity contribution in [2.75, 3.05) is 0 Å². The van der Waals surface area contributed by atoms with Gasteiger partial charge in [-0.15, -0.1) is 0 Å². The van der Waals surface area contributed by atoms with Crippen molar-refractivity contribution in [2.24, 2.45) is 17.6 Å². The third kappa shape index (κ3) is 13.4. The van der Waals surface area contributed by atoms with E-state index in [-0.39, 0.29) is 12.3 Å². The first kappa shape index (κ1) is 37.7. The molecular weight excluding hydrogens is 560 g/mol. The SMILES string of the molecule is CC(C)[C@H](N)C(=O)N[C@@H](CCC(=O)O)C(=O)N[C@H](C(=O)N[C@@H](CC(=O)O)C(=O)N[C@@H](C)C(=O)N[C@@H](C)C(=O)O)C(C)C. The predicted molar refractivity (Wildman–Crippen MR) is 145 cm³/mol. The lowest BCUT2D eigenvalue weighted by Crippen LogP contribution is -2.60. The summed E-state index contributed by atoms with van der Waals surface area (Å²) in [5.74, 6) is -9.51. The van der Waals surface area contributed by atoms with Crippen LogP contribution in [0.15, 0.2) is 0 Å².